The van der Waals surface area contributed by atoms with E-state index < -0.39 is 0 Å². The van der Waals surface area contributed by atoms with E-state index in [1.165, 1.54) is 11.1 Å². The van der Waals surface area contributed by atoms with Crippen LogP contribution >= 0.6 is 0 Å². The summed E-state index contributed by atoms with van der Waals surface area (Å²) in [6.45, 7) is 8.53. The van der Waals surface area contributed by atoms with Crippen molar-refractivity contribution < 1.29 is 9.90 Å². The molecule has 1 N–H and O–H groups in total. The quantitative estimate of drug-likeness (QED) is 0.779. The number of nitrogens with zero attached hydrogens (tertiary/aromatic N) is 1. The van der Waals surface area contributed by atoms with Crippen LogP contribution in [-0.2, 0) is 11.2 Å². The fourth-order valence-electron chi connectivity index (χ4n) is 1.79. The number of aliphatic hydroxyl groups is 1. The molecule has 0 saturated carbocycles. The topological polar surface area (TPSA) is 40.5 Å². The Balaban J connectivity index is 2.72. The van der Waals surface area contributed by atoms with Gasteiger partial charge in [-0.05, 0) is 30.5 Å². The molecule has 3 nitrogen and oxygen atoms in total. The zero-order valence-corrected chi connectivity index (χ0v) is 11.1. The molecule has 0 aliphatic carbocycles. The molecule has 18 heavy (non-hydrogen) atoms. The molecule has 3 heteroatoms. The van der Waals surface area contributed by atoms with Crippen LogP contribution < -0.4 is 0 Å². The molecule has 1 amide bonds. The minimum Gasteiger partial charge on any atom is -0.395 e. The summed E-state index contributed by atoms with van der Waals surface area (Å²) in [5, 5.41) is 8.93. The summed E-state index contributed by atoms with van der Waals surface area (Å²) in [6, 6.07) is 6.05. The Bertz CT molecular complexity index is 427. The molecule has 0 bridgehead atoms. The number of hydrogen-bond donors (Lipinski definition) is 1. The van der Waals surface area contributed by atoms with Crippen molar-refractivity contribution in [3.63, 3.8) is 0 Å². The van der Waals surface area contributed by atoms with Gasteiger partial charge in [-0.15, -0.1) is 6.58 Å². The van der Waals surface area contributed by atoms with Crippen LogP contribution in [0.25, 0.3) is 0 Å². The van der Waals surface area contributed by atoms with Crippen molar-refractivity contribution in [2.75, 3.05) is 19.7 Å². The van der Waals surface area contributed by atoms with Crippen LogP contribution in [0.3, 0.4) is 0 Å². The maximum Gasteiger partial charge on any atom is 0.227 e. The van der Waals surface area contributed by atoms with E-state index in [-0.39, 0.29) is 12.5 Å². The van der Waals surface area contributed by atoms with Gasteiger partial charge in [0.1, 0.15) is 0 Å². The van der Waals surface area contributed by atoms with E-state index in [9.17, 15) is 4.79 Å². The fraction of sp³-hybridized carbons (Fsp3) is 0.400. The van der Waals surface area contributed by atoms with E-state index in [4.69, 9.17) is 5.11 Å². The minimum absolute atomic E-state index is 0.0206. The standard InChI is InChI=1S/C15H21NO2/c1-4-7-16(8-9-17)15(18)11-14-6-5-12(2)13(3)10-14/h4-6,10,17H,1,7-9,11H2,2-3H3. The molecule has 98 valence electrons. The van der Waals surface area contributed by atoms with Crippen LogP contribution in [0.5, 0.6) is 0 Å². The van der Waals surface area contributed by atoms with Gasteiger partial charge in [-0.3, -0.25) is 4.79 Å². The van der Waals surface area contributed by atoms with Gasteiger partial charge in [-0.1, -0.05) is 24.3 Å². The maximum atomic E-state index is 12.1. The third kappa shape index (κ3) is 4.00. The summed E-state index contributed by atoms with van der Waals surface area (Å²) in [4.78, 5) is 13.7. The van der Waals surface area contributed by atoms with Crippen molar-refractivity contribution in [2.45, 2.75) is 20.3 Å². The van der Waals surface area contributed by atoms with E-state index in [1.807, 2.05) is 25.1 Å². The second-order valence-corrected chi connectivity index (χ2v) is 4.45. The van der Waals surface area contributed by atoms with Gasteiger partial charge in [0, 0.05) is 13.1 Å². The number of aryl methyl sites for hydroxylation is 2. The summed E-state index contributed by atoms with van der Waals surface area (Å²) in [7, 11) is 0. The summed E-state index contributed by atoms with van der Waals surface area (Å²) in [5.41, 5.74) is 3.43. The normalized spacial score (nSPS) is 10.2. The minimum atomic E-state index is -0.0213. The van der Waals surface area contributed by atoms with E-state index in [0.29, 0.717) is 19.5 Å². The highest BCUT2D eigenvalue weighted by molar-refractivity contribution is 5.79. The van der Waals surface area contributed by atoms with Gasteiger partial charge < -0.3 is 10.0 Å². The van der Waals surface area contributed by atoms with Gasteiger partial charge in [-0.2, -0.15) is 0 Å². The third-order valence-electron chi connectivity index (χ3n) is 3.00. The van der Waals surface area contributed by atoms with Gasteiger partial charge in [0.2, 0.25) is 5.91 Å². The first-order chi connectivity index (χ1) is 8.58. The SMILES string of the molecule is C=CCN(CCO)C(=O)Cc1ccc(C)c(C)c1. The Morgan fingerprint density at radius 1 is 1.39 bits per heavy atom. The summed E-state index contributed by atoms with van der Waals surface area (Å²) in [6.07, 6.45) is 2.04. The Labute approximate surface area is 109 Å². The van der Waals surface area contributed by atoms with E-state index >= 15 is 0 Å². The van der Waals surface area contributed by atoms with Gasteiger partial charge >= 0.3 is 0 Å². The lowest BCUT2D eigenvalue weighted by Crippen LogP contribution is -2.34. The molecule has 0 unspecified atom stereocenters. The predicted molar refractivity (Wildman–Crippen MR) is 73.5 cm³/mol. The molecule has 0 aliphatic rings. The molecule has 1 aromatic carbocycles. The Morgan fingerprint density at radius 2 is 2.11 bits per heavy atom. The highest BCUT2D eigenvalue weighted by Crippen LogP contribution is 2.11. The van der Waals surface area contributed by atoms with E-state index in [2.05, 4.69) is 13.5 Å². The summed E-state index contributed by atoms with van der Waals surface area (Å²) in [5.74, 6) is 0.0206. The average molecular weight is 247 g/mol. The molecule has 0 aromatic heterocycles. The second kappa shape index (κ2) is 6.97. The van der Waals surface area contributed by atoms with Gasteiger partial charge in [0.15, 0.2) is 0 Å². The lowest BCUT2D eigenvalue weighted by Gasteiger charge is -2.20. The van der Waals surface area contributed by atoms with Crippen molar-refractivity contribution in [2.24, 2.45) is 0 Å². The average Bonchev–Trinajstić information content (AvgIpc) is 2.33. The number of rotatable bonds is 6. The Kier molecular flexibility index (Phi) is 5.59. The second-order valence-electron chi connectivity index (χ2n) is 4.45. The Morgan fingerprint density at radius 3 is 2.67 bits per heavy atom. The number of amides is 1. The Hall–Kier alpha value is -1.61. The predicted octanol–water partition coefficient (Wildman–Crippen LogP) is 1.85. The van der Waals surface area contributed by atoms with Crippen LogP contribution in [0.2, 0.25) is 0 Å². The number of benzene rings is 1. The lowest BCUT2D eigenvalue weighted by atomic mass is 10.0. The lowest BCUT2D eigenvalue weighted by molar-refractivity contribution is -0.130. The molecule has 0 aliphatic heterocycles. The highest BCUT2D eigenvalue weighted by Gasteiger charge is 2.12. The van der Waals surface area contributed by atoms with E-state index in [0.717, 1.165) is 5.56 Å². The van der Waals surface area contributed by atoms with Crippen molar-refractivity contribution in [1.82, 2.24) is 4.90 Å². The maximum absolute atomic E-state index is 12.1. The van der Waals surface area contributed by atoms with Gasteiger partial charge in [0.25, 0.3) is 0 Å². The first-order valence-electron chi connectivity index (χ1n) is 6.14. The van der Waals surface area contributed by atoms with Crippen molar-refractivity contribution in [1.29, 1.82) is 0 Å². The molecule has 0 radical (unpaired) electrons. The number of hydrogen-bond acceptors (Lipinski definition) is 2. The highest BCUT2D eigenvalue weighted by atomic mass is 16.3. The first kappa shape index (κ1) is 14.5. The molecule has 0 fully saturated rings. The van der Waals surface area contributed by atoms with Crippen molar-refractivity contribution >= 4 is 5.91 Å². The first-order valence-corrected chi connectivity index (χ1v) is 6.14. The number of carbonyl (C=O) groups excluding carboxylic acids is 1. The van der Waals surface area contributed by atoms with Crippen LogP contribution in [0.15, 0.2) is 30.9 Å². The molecular weight excluding hydrogens is 226 g/mol. The van der Waals surface area contributed by atoms with Crippen LogP contribution in [0, 0.1) is 13.8 Å². The zero-order valence-electron chi connectivity index (χ0n) is 11.1. The zero-order chi connectivity index (χ0) is 13.5. The van der Waals surface area contributed by atoms with Crippen molar-refractivity contribution in [3.8, 4) is 0 Å². The summed E-state index contributed by atoms with van der Waals surface area (Å²) < 4.78 is 0. The molecule has 1 aromatic rings. The smallest absolute Gasteiger partial charge is 0.227 e. The molecule has 0 spiro atoms. The van der Waals surface area contributed by atoms with Gasteiger partial charge in [-0.25, -0.2) is 0 Å². The van der Waals surface area contributed by atoms with Crippen LogP contribution in [0.4, 0.5) is 0 Å². The van der Waals surface area contributed by atoms with Crippen LogP contribution in [-0.4, -0.2) is 35.6 Å². The molecule has 0 saturated heterocycles. The molecular formula is C15H21NO2. The summed E-state index contributed by atoms with van der Waals surface area (Å²) >= 11 is 0. The number of aliphatic hydroxyl groups excluding tert-OH is 1. The molecule has 0 heterocycles. The van der Waals surface area contributed by atoms with Gasteiger partial charge in [0.05, 0.1) is 13.0 Å². The largest absolute Gasteiger partial charge is 0.395 e. The molecule has 0 atom stereocenters. The van der Waals surface area contributed by atoms with Crippen LogP contribution in [0.1, 0.15) is 16.7 Å². The monoisotopic (exact) mass is 247 g/mol. The number of carbonyl (C=O) groups is 1. The fourth-order valence-corrected chi connectivity index (χ4v) is 1.79. The van der Waals surface area contributed by atoms with Crippen molar-refractivity contribution in [3.05, 3.63) is 47.5 Å². The third-order valence-corrected chi connectivity index (χ3v) is 3.00. The molecule has 1 rings (SSSR count). The van der Waals surface area contributed by atoms with E-state index in [1.54, 1.807) is 11.0 Å².